The van der Waals surface area contributed by atoms with Crippen LogP contribution in [0.15, 0.2) is 0 Å². The summed E-state index contributed by atoms with van der Waals surface area (Å²) in [6.07, 6.45) is 2.11. The Morgan fingerprint density at radius 2 is 2.21 bits per heavy atom. The van der Waals surface area contributed by atoms with E-state index in [0.717, 1.165) is 18.5 Å². The second-order valence-electron chi connectivity index (χ2n) is 3.94. The summed E-state index contributed by atoms with van der Waals surface area (Å²) in [5.74, 6) is -0.614. The van der Waals surface area contributed by atoms with Gasteiger partial charge in [0.25, 0.3) is 0 Å². The van der Waals surface area contributed by atoms with Crippen molar-refractivity contribution >= 4 is 5.97 Å². The Hall–Kier alpha value is -1.39. The zero-order chi connectivity index (χ0) is 10.3. The van der Waals surface area contributed by atoms with E-state index in [1.165, 1.54) is 0 Å². The third kappa shape index (κ3) is 1.38. The van der Waals surface area contributed by atoms with E-state index in [4.69, 9.17) is 5.11 Å². The van der Waals surface area contributed by atoms with E-state index in [2.05, 4.69) is 10.3 Å². The summed E-state index contributed by atoms with van der Waals surface area (Å²) >= 11 is 0. The van der Waals surface area contributed by atoms with Crippen molar-refractivity contribution in [1.29, 1.82) is 0 Å². The van der Waals surface area contributed by atoms with Gasteiger partial charge in [0.15, 0.2) is 5.69 Å². The molecule has 76 valence electrons. The van der Waals surface area contributed by atoms with Crippen LogP contribution in [0.25, 0.3) is 0 Å². The molecule has 1 fully saturated rings. The molecule has 1 aromatic heterocycles. The normalized spacial score (nSPS) is 16.2. The minimum atomic E-state index is -0.973. The lowest BCUT2D eigenvalue weighted by Crippen LogP contribution is -2.09. The molecule has 1 saturated carbocycles. The lowest BCUT2D eigenvalue weighted by atomic mass is 10.2. The SMILES string of the molecule is CC(C)n1nnc(C(=O)O)c1C1CC1. The number of hydrogen-bond acceptors (Lipinski definition) is 3. The molecule has 1 heterocycles. The second-order valence-corrected chi connectivity index (χ2v) is 3.94. The quantitative estimate of drug-likeness (QED) is 0.792. The van der Waals surface area contributed by atoms with E-state index in [1.807, 2.05) is 13.8 Å². The first-order valence-electron chi connectivity index (χ1n) is 4.79. The van der Waals surface area contributed by atoms with E-state index >= 15 is 0 Å². The second kappa shape index (κ2) is 3.08. The number of carboxylic acids is 1. The molecule has 0 amide bonds. The average molecular weight is 195 g/mol. The van der Waals surface area contributed by atoms with Crippen molar-refractivity contribution in [2.75, 3.05) is 0 Å². The van der Waals surface area contributed by atoms with Gasteiger partial charge in [0.05, 0.1) is 5.69 Å². The highest BCUT2D eigenvalue weighted by Gasteiger charge is 2.34. The molecule has 0 radical (unpaired) electrons. The fraction of sp³-hybridized carbons (Fsp3) is 0.667. The topological polar surface area (TPSA) is 68.0 Å². The van der Waals surface area contributed by atoms with Crippen LogP contribution in [0.3, 0.4) is 0 Å². The monoisotopic (exact) mass is 195 g/mol. The molecule has 0 atom stereocenters. The Morgan fingerprint density at radius 3 is 2.64 bits per heavy atom. The van der Waals surface area contributed by atoms with E-state index in [1.54, 1.807) is 4.68 Å². The van der Waals surface area contributed by atoms with Gasteiger partial charge in [0.2, 0.25) is 0 Å². The van der Waals surface area contributed by atoms with Gasteiger partial charge < -0.3 is 5.11 Å². The third-order valence-corrected chi connectivity index (χ3v) is 2.39. The highest BCUT2D eigenvalue weighted by atomic mass is 16.4. The van der Waals surface area contributed by atoms with Crippen LogP contribution in [0.2, 0.25) is 0 Å². The summed E-state index contributed by atoms with van der Waals surface area (Å²) in [6.45, 7) is 3.96. The standard InChI is InChI=1S/C9H13N3O2/c1-5(2)12-8(6-3-4-6)7(9(13)14)10-11-12/h5-6H,3-4H2,1-2H3,(H,13,14). The van der Waals surface area contributed by atoms with Crippen LogP contribution in [-0.2, 0) is 0 Å². The first-order valence-corrected chi connectivity index (χ1v) is 4.79. The van der Waals surface area contributed by atoms with Crippen LogP contribution in [-0.4, -0.2) is 26.1 Å². The highest BCUT2D eigenvalue weighted by Crippen LogP contribution is 2.41. The lowest BCUT2D eigenvalue weighted by molar-refractivity contribution is 0.0689. The van der Waals surface area contributed by atoms with Gasteiger partial charge in [-0.3, -0.25) is 0 Å². The summed E-state index contributed by atoms with van der Waals surface area (Å²) < 4.78 is 1.72. The van der Waals surface area contributed by atoms with Crippen LogP contribution in [0.5, 0.6) is 0 Å². The first kappa shape index (κ1) is 9.18. The fourth-order valence-corrected chi connectivity index (χ4v) is 1.57. The minimum absolute atomic E-state index is 0.126. The van der Waals surface area contributed by atoms with Gasteiger partial charge in [-0.25, -0.2) is 9.48 Å². The number of rotatable bonds is 3. The lowest BCUT2D eigenvalue weighted by Gasteiger charge is -2.08. The maximum atomic E-state index is 10.9. The largest absolute Gasteiger partial charge is 0.476 e. The molecule has 0 spiro atoms. The molecule has 1 aromatic rings. The van der Waals surface area contributed by atoms with Gasteiger partial charge in [-0.2, -0.15) is 0 Å². The molecule has 1 aliphatic carbocycles. The maximum Gasteiger partial charge on any atom is 0.358 e. The minimum Gasteiger partial charge on any atom is -0.476 e. The van der Waals surface area contributed by atoms with Gasteiger partial charge in [-0.05, 0) is 26.7 Å². The molecular formula is C9H13N3O2. The predicted molar refractivity (Wildman–Crippen MR) is 49.3 cm³/mol. The smallest absolute Gasteiger partial charge is 0.358 e. The zero-order valence-electron chi connectivity index (χ0n) is 8.27. The number of carbonyl (C=O) groups is 1. The van der Waals surface area contributed by atoms with Crippen LogP contribution < -0.4 is 0 Å². The van der Waals surface area contributed by atoms with Crippen molar-refractivity contribution in [3.63, 3.8) is 0 Å². The summed E-state index contributed by atoms with van der Waals surface area (Å²) in [5, 5.41) is 16.5. The van der Waals surface area contributed by atoms with Crippen LogP contribution in [0.4, 0.5) is 0 Å². The van der Waals surface area contributed by atoms with Gasteiger partial charge in [0.1, 0.15) is 0 Å². The Bertz CT molecular complexity index is 366. The Labute approximate surface area is 81.7 Å². The molecule has 1 N–H and O–H groups in total. The molecule has 0 bridgehead atoms. The van der Waals surface area contributed by atoms with Crippen molar-refractivity contribution in [3.05, 3.63) is 11.4 Å². The Kier molecular flexibility index (Phi) is 2.02. The average Bonchev–Trinajstić information content (AvgIpc) is 2.83. The third-order valence-electron chi connectivity index (χ3n) is 2.39. The number of nitrogens with zero attached hydrogens (tertiary/aromatic N) is 3. The summed E-state index contributed by atoms with van der Waals surface area (Å²) in [4.78, 5) is 10.9. The van der Waals surface area contributed by atoms with Crippen molar-refractivity contribution < 1.29 is 9.90 Å². The van der Waals surface area contributed by atoms with Crippen LogP contribution in [0, 0.1) is 0 Å². The van der Waals surface area contributed by atoms with Gasteiger partial charge >= 0.3 is 5.97 Å². The fourth-order valence-electron chi connectivity index (χ4n) is 1.57. The molecule has 5 nitrogen and oxygen atoms in total. The highest BCUT2D eigenvalue weighted by molar-refractivity contribution is 5.86. The van der Waals surface area contributed by atoms with E-state index in [-0.39, 0.29) is 11.7 Å². The van der Waals surface area contributed by atoms with Crippen molar-refractivity contribution in [3.8, 4) is 0 Å². The van der Waals surface area contributed by atoms with Crippen LogP contribution >= 0.6 is 0 Å². The van der Waals surface area contributed by atoms with Gasteiger partial charge in [0, 0.05) is 12.0 Å². The molecule has 1 aliphatic rings. The van der Waals surface area contributed by atoms with E-state index < -0.39 is 5.97 Å². The first-order chi connectivity index (χ1) is 6.61. The van der Waals surface area contributed by atoms with Gasteiger partial charge in [-0.1, -0.05) is 5.21 Å². The summed E-state index contributed by atoms with van der Waals surface area (Å²) in [5.41, 5.74) is 0.925. The zero-order valence-corrected chi connectivity index (χ0v) is 8.27. The Balaban J connectivity index is 2.46. The van der Waals surface area contributed by atoms with E-state index in [0.29, 0.717) is 5.92 Å². The summed E-state index contributed by atoms with van der Waals surface area (Å²) in [7, 11) is 0. The molecule has 0 saturated heterocycles. The molecule has 0 aromatic carbocycles. The molecule has 14 heavy (non-hydrogen) atoms. The number of carboxylic acid groups (broad SMARTS) is 1. The molecule has 2 rings (SSSR count). The molecule has 0 aliphatic heterocycles. The summed E-state index contributed by atoms with van der Waals surface area (Å²) in [6, 6.07) is 0.172. The van der Waals surface area contributed by atoms with Crippen LogP contribution in [0.1, 0.15) is 54.8 Å². The number of aromatic carboxylic acids is 1. The van der Waals surface area contributed by atoms with Crippen molar-refractivity contribution in [2.24, 2.45) is 0 Å². The van der Waals surface area contributed by atoms with Crippen molar-refractivity contribution in [2.45, 2.75) is 38.6 Å². The molecule has 0 unspecified atom stereocenters. The van der Waals surface area contributed by atoms with E-state index in [9.17, 15) is 4.79 Å². The maximum absolute atomic E-state index is 10.9. The molecule has 5 heteroatoms. The van der Waals surface area contributed by atoms with Crippen molar-refractivity contribution in [1.82, 2.24) is 15.0 Å². The van der Waals surface area contributed by atoms with Gasteiger partial charge in [-0.15, -0.1) is 5.10 Å². The predicted octanol–water partition coefficient (Wildman–Crippen LogP) is 1.43. The Morgan fingerprint density at radius 1 is 1.57 bits per heavy atom. The number of aromatic nitrogens is 3. The number of hydrogen-bond donors (Lipinski definition) is 1. The molecular weight excluding hydrogens is 182 g/mol.